The van der Waals surface area contributed by atoms with E-state index in [0.29, 0.717) is 5.92 Å². The molecule has 6 nitrogen and oxygen atoms in total. The van der Waals surface area contributed by atoms with Crippen molar-refractivity contribution in [3.8, 4) is 0 Å². The van der Waals surface area contributed by atoms with Gasteiger partial charge in [0, 0.05) is 44.3 Å². The monoisotopic (exact) mass is 347 g/mol. The maximum absolute atomic E-state index is 12.9. The van der Waals surface area contributed by atoms with E-state index in [2.05, 4.69) is 35.8 Å². The average molecular weight is 347 g/mol. The van der Waals surface area contributed by atoms with Gasteiger partial charge in [-0.15, -0.1) is 11.3 Å². The van der Waals surface area contributed by atoms with Crippen molar-refractivity contribution in [1.29, 1.82) is 0 Å². The molecule has 3 heterocycles. The van der Waals surface area contributed by atoms with Gasteiger partial charge in [0.25, 0.3) is 5.91 Å². The van der Waals surface area contributed by atoms with Crippen LogP contribution in [0.4, 0.5) is 5.13 Å². The number of nitrogens with zero attached hydrogens (tertiary/aromatic N) is 5. The number of hydrogen-bond donors (Lipinski definition) is 0. The smallest absolute Gasteiger partial charge is 0.257 e. The molecule has 3 rings (SSSR count). The normalized spacial score (nSPS) is 15.3. The molecule has 0 N–H and O–H groups in total. The number of carbonyl (C=O) groups excluding carboxylic acids is 1. The second-order valence-electron chi connectivity index (χ2n) is 6.53. The van der Waals surface area contributed by atoms with E-state index >= 15 is 0 Å². The molecule has 0 radical (unpaired) electrons. The van der Waals surface area contributed by atoms with Gasteiger partial charge in [0.1, 0.15) is 0 Å². The van der Waals surface area contributed by atoms with Gasteiger partial charge in [0.15, 0.2) is 5.13 Å². The third-order valence-corrected chi connectivity index (χ3v) is 5.14. The van der Waals surface area contributed by atoms with E-state index < -0.39 is 0 Å². The van der Waals surface area contributed by atoms with Crippen molar-refractivity contribution in [3.63, 3.8) is 0 Å². The SMILES string of the molecule is CCc1c(C(=O)N2CCN(c3nccs3)CC2)cnn1CC(C)C. The Labute approximate surface area is 147 Å². The first-order chi connectivity index (χ1) is 11.6. The lowest BCUT2D eigenvalue weighted by molar-refractivity contribution is 0.0745. The first-order valence-electron chi connectivity index (χ1n) is 8.58. The molecule has 0 aromatic carbocycles. The topological polar surface area (TPSA) is 54.3 Å². The first-order valence-corrected chi connectivity index (χ1v) is 9.46. The minimum absolute atomic E-state index is 0.112. The number of carbonyl (C=O) groups is 1. The number of piperazine rings is 1. The summed E-state index contributed by atoms with van der Waals surface area (Å²) in [5.74, 6) is 0.626. The standard InChI is InChI=1S/C17H25N5OS/c1-4-15-14(11-19-22(15)12-13(2)3)16(23)20-6-8-21(9-7-20)17-18-5-10-24-17/h5,10-11,13H,4,6-9,12H2,1-3H3. The molecule has 1 aliphatic rings. The second kappa shape index (κ2) is 7.34. The minimum Gasteiger partial charge on any atom is -0.345 e. The predicted octanol–water partition coefficient (Wildman–Crippen LogP) is 2.52. The van der Waals surface area contributed by atoms with Gasteiger partial charge in [-0.1, -0.05) is 20.8 Å². The van der Waals surface area contributed by atoms with E-state index in [1.165, 1.54) is 0 Å². The Bertz CT molecular complexity index is 671. The Morgan fingerprint density at radius 2 is 2.04 bits per heavy atom. The van der Waals surface area contributed by atoms with E-state index in [4.69, 9.17) is 0 Å². The highest BCUT2D eigenvalue weighted by atomic mass is 32.1. The molecule has 0 aliphatic carbocycles. The molecule has 1 saturated heterocycles. The maximum atomic E-state index is 12.9. The molecule has 0 bridgehead atoms. The molecular formula is C17H25N5OS. The van der Waals surface area contributed by atoms with Gasteiger partial charge in [-0.2, -0.15) is 5.10 Å². The third kappa shape index (κ3) is 3.45. The maximum Gasteiger partial charge on any atom is 0.257 e. The van der Waals surface area contributed by atoms with Crippen molar-refractivity contribution in [2.24, 2.45) is 5.92 Å². The fraction of sp³-hybridized carbons (Fsp3) is 0.588. The van der Waals surface area contributed by atoms with Crippen LogP contribution in [0.2, 0.25) is 0 Å². The number of aromatic nitrogens is 3. The highest BCUT2D eigenvalue weighted by molar-refractivity contribution is 7.13. The third-order valence-electron chi connectivity index (χ3n) is 4.31. The summed E-state index contributed by atoms with van der Waals surface area (Å²) in [6, 6.07) is 0. The van der Waals surface area contributed by atoms with Crippen molar-refractivity contribution in [3.05, 3.63) is 29.0 Å². The molecule has 0 saturated carbocycles. The average Bonchev–Trinajstić information content (AvgIpc) is 3.23. The predicted molar refractivity (Wildman–Crippen MR) is 96.7 cm³/mol. The van der Waals surface area contributed by atoms with Gasteiger partial charge in [-0.05, 0) is 12.3 Å². The fourth-order valence-electron chi connectivity index (χ4n) is 3.11. The molecule has 7 heteroatoms. The van der Waals surface area contributed by atoms with Crippen LogP contribution in [0.3, 0.4) is 0 Å². The van der Waals surface area contributed by atoms with Gasteiger partial charge >= 0.3 is 0 Å². The van der Waals surface area contributed by atoms with E-state index in [9.17, 15) is 4.79 Å². The van der Waals surface area contributed by atoms with Crippen LogP contribution in [0.1, 0.15) is 36.8 Å². The number of rotatable bonds is 5. The van der Waals surface area contributed by atoms with Crippen molar-refractivity contribution in [1.82, 2.24) is 19.7 Å². The van der Waals surface area contributed by atoms with Gasteiger partial charge in [-0.3, -0.25) is 9.48 Å². The Kier molecular flexibility index (Phi) is 5.18. The fourth-order valence-corrected chi connectivity index (χ4v) is 3.81. The highest BCUT2D eigenvalue weighted by Crippen LogP contribution is 2.20. The van der Waals surface area contributed by atoms with Gasteiger partial charge in [0.05, 0.1) is 17.5 Å². The minimum atomic E-state index is 0.112. The lowest BCUT2D eigenvalue weighted by Gasteiger charge is -2.34. The Hall–Kier alpha value is -1.89. The Balaban J connectivity index is 1.68. The molecule has 1 fully saturated rings. The summed E-state index contributed by atoms with van der Waals surface area (Å²) in [5, 5.41) is 7.48. The van der Waals surface area contributed by atoms with Crippen molar-refractivity contribution < 1.29 is 4.79 Å². The number of anilines is 1. The quantitative estimate of drug-likeness (QED) is 0.834. The molecular weight excluding hydrogens is 322 g/mol. The Morgan fingerprint density at radius 3 is 2.62 bits per heavy atom. The summed E-state index contributed by atoms with van der Waals surface area (Å²) in [7, 11) is 0. The molecule has 2 aromatic heterocycles. The molecule has 0 unspecified atom stereocenters. The van der Waals surface area contributed by atoms with Crippen molar-refractivity contribution in [2.45, 2.75) is 33.7 Å². The number of thiazole rings is 1. The lowest BCUT2D eigenvalue weighted by atomic mass is 10.1. The Morgan fingerprint density at radius 1 is 1.29 bits per heavy atom. The van der Waals surface area contributed by atoms with E-state index in [0.717, 1.165) is 55.5 Å². The van der Waals surface area contributed by atoms with Crippen LogP contribution in [-0.2, 0) is 13.0 Å². The zero-order valence-electron chi connectivity index (χ0n) is 14.6. The second-order valence-corrected chi connectivity index (χ2v) is 7.40. The molecule has 24 heavy (non-hydrogen) atoms. The van der Waals surface area contributed by atoms with Crippen LogP contribution < -0.4 is 4.90 Å². The van der Waals surface area contributed by atoms with Crippen LogP contribution in [0.25, 0.3) is 0 Å². The summed E-state index contributed by atoms with van der Waals surface area (Å²) in [5.41, 5.74) is 1.82. The highest BCUT2D eigenvalue weighted by Gasteiger charge is 2.26. The van der Waals surface area contributed by atoms with E-state index in [1.807, 2.05) is 21.2 Å². The lowest BCUT2D eigenvalue weighted by Crippen LogP contribution is -2.48. The molecule has 130 valence electrons. The van der Waals surface area contributed by atoms with Gasteiger partial charge in [-0.25, -0.2) is 4.98 Å². The van der Waals surface area contributed by atoms with Crippen LogP contribution in [-0.4, -0.2) is 51.8 Å². The number of hydrogen-bond acceptors (Lipinski definition) is 5. The van der Waals surface area contributed by atoms with Gasteiger partial charge in [0.2, 0.25) is 0 Å². The molecule has 0 spiro atoms. The van der Waals surface area contributed by atoms with Crippen LogP contribution in [0.5, 0.6) is 0 Å². The molecule has 2 aromatic rings. The first kappa shape index (κ1) is 17.0. The van der Waals surface area contributed by atoms with Gasteiger partial charge < -0.3 is 9.80 Å². The summed E-state index contributed by atoms with van der Waals surface area (Å²) in [4.78, 5) is 21.5. The zero-order chi connectivity index (χ0) is 17.1. The summed E-state index contributed by atoms with van der Waals surface area (Å²) >= 11 is 1.65. The van der Waals surface area contributed by atoms with E-state index in [1.54, 1.807) is 17.5 Å². The molecule has 0 atom stereocenters. The van der Waals surface area contributed by atoms with Crippen LogP contribution >= 0.6 is 11.3 Å². The zero-order valence-corrected chi connectivity index (χ0v) is 15.4. The van der Waals surface area contributed by atoms with Crippen LogP contribution in [0, 0.1) is 5.92 Å². The largest absolute Gasteiger partial charge is 0.345 e. The van der Waals surface area contributed by atoms with E-state index in [-0.39, 0.29) is 5.91 Å². The summed E-state index contributed by atoms with van der Waals surface area (Å²) < 4.78 is 1.99. The summed E-state index contributed by atoms with van der Waals surface area (Å²) in [6.07, 6.45) is 4.40. The summed E-state index contributed by atoms with van der Waals surface area (Å²) in [6.45, 7) is 10.4. The van der Waals surface area contributed by atoms with Crippen molar-refractivity contribution in [2.75, 3.05) is 31.1 Å². The molecule has 1 aliphatic heterocycles. The van der Waals surface area contributed by atoms with Crippen molar-refractivity contribution >= 4 is 22.4 Å². The number of amides is 1. The molecule has 1 amide bonds. The van der Waals surface area contributed by atoms with Crippen LogP contribution in [0.15, 0.2) is 17.8 Å².